The van der Waals surface area contributed by atoms with E-state index in [2.05, 4.69) is 4.98 Å². The first-order valence-corrected chi connectivity index (χ1v) is 8.42. The molecule has 0 aromatic carbocycles. The number of rotatable bonds is 2. The molecular weight excluding hydrogens is 300 g/mol. The van der Waals surface area contributed by atoms with Crippen molar-refractivity contribution in [3.8, 4) is 0 Å². The summed E-state index contributed by atoms with van der Waals surface area (Å²) >= 11 is 5.98. The van der Waals surface area contributed by atoms with E-state index in [1.165, 1.54) is 12.3 Å². The molecule has 0 spiro atoms. The minimum Gasteiger partial charge on any atom is -0.399 e. The van der Waals surface area contributed by atoms with Crippen LogP contribution >= 0.6 is 11.6 Å². The summed E-state index contributed by atoms with van der Waals surface area (Å²) in [5, 5.41) is -0.0702. The average Bonchev–Trinajstić information content (AvgIpc) is 2.46. The largest absolute Gasteiger partial charge is 0.496 e. The first-order valence-electron chi connectivity index (χ1n) is 6.15. The van der Waals surface area contributed by atoms with E-state index < -0.39 is 28.2 Å². The molecule has 1 aliphatic heterocycles. The smallest absolute Gasteiger partial charge is 0.399 e. The number of pyridine rings is 1. The maximum absolute atomic E-state index is 11.5. The molecule has 110 valence electrons. The van der Waals surface area contributed by atoms with E-state index in [0.29, 0.717) is 5.46 Å². The maximum Gasteiger partial charge on any atom is 0.496 e. The van der Waals surface area contributed by atoms with E-state index in [9.17, 15) is 8.42 Å². The Bertz CT molecular complexity index is 629. The maximum atomic E-state index is 11.5. The summed E-state index contributed by atoms with van der Waals surface area (Å²) in [6.45, 7) is 7.75. The Morgan fingerprint density at radius 1 is 1.20 bits per heavy atom. The van der Waals surface area contributed by atoms with Gasteiger partial charge in [0.15, 0.2) is 14.9 Å². The van der Waals surface area contributed by atoms with Crippen molar-refractivity contribution in [3.63, 3.8) is 0 Å². The van der Waals surface area contributed by atoms with Gasteiger partial charge in [-0.3, -0.25) is 0 Å². The second kappa shape index (κ2) is 4.69. The molecule has 1 aromatic rings. The summed E-state index contributed by atoms with van der Waals surface area (Å²) in [4.78, 5) is 3.91. The Balaban J connectivity index is 2.36. The summed E-state index contributed by atoms with van der Waals surface area (Å²) in [5.41, 5.74) is -0.347. The molecule has 0 atom stereocenters. The highest BCUT2D eigenvalue weighted by atomic mass is 35.5. The van der Waals surface area contributed by atoms with Crippen molar-refractivity contribution < 1.29 is 17.7 Å². The monoisotopic (exact) mass is 317 g/mol. The number of hydrogen-bond acceptors (Lipinski definition) is 5. The first-order chi connectivity index (χ1) is 8.94. The summed E-state index contributed by atoms with van der Waals surface area (Å²) in [5.74, 6) is 0. The standard InChI is InChI=1S/C12H17BClNO4S/c1-11(2)12(3,4)19-13(18-11)8-6-9(14)10(15-7-8)20(5,16)17/h6-7H,1-5H3. The van der Waals surface area contributed by atoms with Gasteiger partial charge in [-0.2, -0.15) is 0 Å². The van der Waals surface area contributed by atoms with Crippen LogP contribution in [-0.4, -0.2) is 38.0 Å². The summed E-state index contributed by atoms with van der Waals surface area (Å²) in [6, 6.07) is 1.52. The van der Waals surface area contributed by atoms with Gasteiger partial charge in [-0.05, 0) is 33.8 Å². The highest BCUT2D eigenvalue weighted by Gasteiger charge is 2.51. The quantitative estimate of drug-likeness (QED) is 0.772. The molecular formula is C12H17BClNO4S. The third kappa shape index (κ3) is 2.72. The van der Waals surface area contributed by atoms with E-state index in [1.54, 1.807) is 0 Å². The number of nitrogens with zero attached hydrogens (tertiary/aromatic N) is 1. The lowest BCUT2D eigenvalue weighted by Gasteiger charge is -2.32. The van der Waals surface area contributed by atoms with E-state index in [0.717, 1.165) is 6.26 Å². The van der Waals surface area contributed by atoms with Crippen LogP contribution in [0.5, 0.6) is 0 Å². The Labute approximate surface area is 124 Å². The average molecular weight is 318 g/mol. The Morgan fingerprint density at radius 2 is 1.70 bits per heavy atom. The molecule has 2 rings (SSSR count). The number of hydrogen-bond donors (Lipinski definition) is 0. The van der Waals surface area contributed by atoms with Crippen molar-refractivity contribution in [2.75, 3.05) is 6.26 Å². The zero-order chi connectivity index (χ0) is 15.3. The van der Waals surface area contributed by atoms with E-state index >= 15 is 0 Å². The molecule has 0 unspecified atom stereocenters. The highest BCUT2D eigenvalue weighted by Crippen LogP contribution is 2.36. The molecule has 2 heterocycles. The van der Waals surface area contributed by atoms with Crippen LogP contribution in [0.1, 0.15) is 27.7 Å². The van der Waals surface area contributed by atoms with Crippen LogP contribution in [-0.2, 0) is 19.1 Å². The van der Waals surface area contributed by atoms with Gasteiger partial charge in [-0.1, -0.05) is 11.6 Å². The third-order valence-corrected chi connectivity index (χ3v) is 5.13. The molecule has 0 radical (unpaired) electrons. The van der Waals surface area contributed by atoms with Gasteiger partial charge in [0, 0.05) is 17.9 Å². The van der Waals surface area contributed by atoms with Crippen LogP contribution in [0.15, 0.2) is 17.3 Å². The molecule has 0 aliphatic carbocycles. The number of aromatic nitrogens is 1. The SMILES string of the molecule is CC1(C)OB(c2cnc(S(C)(=O)=O)c(Cl)c2)OC1(C)C. The molecule has 1 saturated heterocycles. The fourth-order valence-corrected chi connectivity index (χ4v) is 3.07. The second-order valence-corrected chi connectivity index (χ2v) is 8.25. The van der Waals surface area contributed by atoms with Gasteiger partial charge in [-0.15, -0.1) is 0 Å². The van der Waals surface area contributed by atoms with E-state index in [-0.39, 0.29) is 10.0 Å². The van der Waals surface area contributed by atoms with Crippen LogP contribution in [0, 0.1) is 0 Å². The lowest BCUT2D eigenvalue weighted by atomic mass is 9.80. The minimum atomic E-state index is -3.44. The van der Waals surface area contributed by atoms with Crippen molar-refractivity contribution in [2.24, 2.45) is 0 Å². The topological polar surface area (TPSA) is 65.5 Å². The Hall–Kier alpha value is -0.625. The lowest BCUT2D eigenvalue weighted by molar-refractivity contribution is 0.00578. The van der Waals surface area contributed by atoms with Crippen molar-refractivity contribution >= 4 is 34.0 Å². The van der Waals surface area contributed by atoms with E-state index in [4.69, 9.17) is 20.9 Å². The predicted octanol–water partition coefficient (Wildman–Crippen LogP) is 1.44. The van der Waals surface area contributed by atoms with Crippen molar-refractivity contribution in [1.29, 1.82) is 0 Å². The van der Waals surface area contributed by atoms with E-state index in [1.807, 2.05) is 27.7 Å². The van der Waals surface area contributed by atoms with Crippen LogP contribution in [0.25, 0.3) is 0 Å². The van der Waals surface area contributed by atoms with Gasteiger partial charge >= 0.3 is 7.12 Å². The van der Waals surface area contributed by atoms with Crippen molar-refractivity contribution in [1.82, 2.24) is 4.98 Å². The minimum absolute atomic E-state index is 0.0692. The van der Waals surface area contributed by atoms with Crippen LogP contribution in [0.4, 0.5) is 0 Å². The molecule has 0 amide bonds. The molecule has 0 saturated carbocycles. The fourth-order valence-electron chi connectivity index (χ4n) is 1.82. The second-order valence-electron chi connectivity index (χ2n) is 5.92. The molecule has 0 bridgehead atoms. The fraction of sp³-hybridized carbons (Fsp3) is 0.583. The zero-order valence-electron chi connectivity index (χ0n) is 12.1. The van der Waals surface area contributed by atoms with Gasteiger partial charge in [0.2, 0.25) is 0 Å². The summed E-state index contributed by atoms with van der Waals surface area (Å²) in [7, 11) is -4.06. The first kappa shape index (κ1) is 15.8. The van der Waals surface area contributed by atoms with Crippen LogP contribution < -0.4 is 5.46 Å². The highest BCUT2D eigenvalue weighted by molar-refractivity contribution is 7.90. The van der Waals surface area contributed by atoms with Gasteiger partial charge < -0.3 is 9.31 Å². The number of halogens is 1. The summed E-state index contributed by atoms with van der Waals surface area (Å²) in [6.07, 6.45) is 2.49. The normalized spacial score (nSPS) is 21.2. The Kier molecular flexibility index (Phi) is 3.70. The molecule has 1 aliphatic rings. The third-order valence-electron chi connectivity index (χ3n) is 3.71. The molecule has 0 N–H and O–H groups in total. The van der Waals surface area contributed by atoms with Gasteiger partial charge in [0.1, 0.15) is 0 Å². The molecule has 8 heteroatoms. The summed E-state index contributed by atoms with van der Waals surface area (Å²) < 4.78 is 34.7. The number of sulfone groups is 1. The van der Waals surface area contributed by atoms with Crippen molar-refractivity contribution in [2.45, 2.75) is 43.9 Å². The predicted molar refractivity (Wildman–Crippen MR) is 78.1 cm³/mol. The van der Waals surface area contributed by atoms with Gasteiger partial charge in [-0.25, -0.2) is 13.4 Å². The molecule has 1 fully saturated rings. The molecule has 20 heavy (non-hydrogen) atoms. The van der Waals surface area contributed by atoms with Crippen LogP contribution in [0.3, 0.4) is 0 Å². The van der Waals surface area contributed by atoms with Gasteiger partial charge in [0.05, 0.1) is 16.2 Å². The molecule has 5 nitrogen and oxygen atoms in total. The Morgan fingerprint density at radius 3 is 2.10 bits per heavy atom. The molecule has 1 aromatic heterocycles. The zero-order valence-corrected chi connectivity index (χ0v) is 13.7. The van der Waals surface area contributed by atoms with Crippen LogP contribution in [0.2, 0.25) is 5.02 Å². The van der Waals surface area contributed by atoms with Gasteiger partial charge in [0.25, 0.3) is 0 Å². The van der Waals surface area contributed by atoms with Crippen molar-refractivity contribution in [3.05, 3.63) is 17.3 Å². The lowest BCUT2D eigenvalue weighted by Crippen LogP contribution is -2.41.